The molecule has 0 saturated carbocycles. The first-order chi connectivity index (χ1) is 9.79. The number of hydrogen-bond donors (Lipinski definition) is 1. The summed E-state index contributed by atoms with van der Waals surface area (Å²) in [4.78, 5) is 11.4. The second-order valence-corrected chi connectivity index (χ2v) is 4.81. The Balaban J connectivity index is 1.82. The van der Waals surface area contributed by atoms with Crippen LogP contribution >= 0.6 is 0 Å². The number of benzene rings is 1. The largest absolute Gasteiger partial charge is 0.482 e. The van der Waals surface area contributed by atoms with Crippen LogP contribution in [0, 0.1) is 0 Å². The molecule has 0 unspecified atom stereocenters. The Morgan fingerprint density at radius 3 is 2.95 bits per heavy atom. The van der Waals surface area contributed by atoms with Gasteiger partial charge >= 0.3 is 0 Å². The van der Waals surface area contributed by atoms with Gasteiger partial charge in [-0.3, -0.25) is 4.79 Å². The number of ether oxygens (including phenoxy) is 1. The van der Waals surface area contributed by atoms with E-state index < -0.39 is 0 Å². The lowest BCUT2D eigenvalue weighted by atomic mass is 10.1. The van der Waals surface area contributed by atoms with Crippen molar-refractivity contribution in [2.75, 3.05) is 11.9 Å². The van der Waals surface area contributed by atoms with Gasteiger partial charge in [0.1, 0.15) is 5.75 Å². The molecule has 1 amide bonds. The summed E-state index contributed by atoms with van der Waals surface area (Å²) >= 11 is 0. The van der Waals surface area contributed by atoms with Gasteiger partial charge in [-0.2, -0.15) is 0 Å². The molecule has 1 aliphatic heterocycles. The molecule has 4 rings (SSSR count). The Bertz CT molecular complexity index is 787. The van der Waals surface area contributed by atoms with Crippen molar-refractivity contribution in [2.45, 2.75) is 0 Å². The smallest absolute Gasteiger partial charge is 0.262 e. The molecule has 1 aromatic carbocycles. The first kappa shape index (κ1) is 11.1. The Kier molecular flexibility index (Phi) is 2.29. The maximum atomic E-state index is 11.4. The molecule has 0 atom stereocenters. The molecule has 0 aliphatic carbocycles. The van der Waals surface area contributed by atoms with Crippen LogP contribution in [-0.2, 0) is 4.79 Å². The molecule has 20 heavy (non-hydrogen) atoms. The number of rotatable bonds is 1. The van der Waals surface area contributed by atoms with E-state index in [9.17, 15) is 4.79 Å². The summed E-state index contributed by atoms with van der Waals surface area (Å²) in [5.74, 6) is 0.605. The average Bonchev–Trinajstić information content (AvgIpc) is 2.90. The van der Waals surface area contributed by atoms with Gasteiger partial charge in [-0.15, -0.1) is 0 Å². The van der Waals surface area contributed by atoms with Gasteiger partial charge in [-0.25, -0.2) is 0 Å². The summed E-state index contributed by atoms with van der Waals surface area (Å²) in [6.07, 6.45) is 4.09. The van der Waals surface area contributed by atoms with E-state index in [1.165, 1.54) is 0 Å². The van der Waals surface area contributed by atoms with E-state index in [2.05, 4.69) is 28.0 Å². The molecule has 1 aliphatic rings. The van der Waals surface area contributed by atoms with E-state index in [1.807, 2.05) is 36.5 Å². The fourth-order valence-electron chi connectivity index (χ4n) is 2.48. The minimum absolute atomic E-state index is 0.0858. The Morgan fingerprint density at radius 1 is 1.10 bits per heavy atom. The molecule has 2 aromatic heterocycles. The molecule has 0 spiro atoms. The second-order valence-electron chi connectivity index (χ2n) is 4.81. The third-order valence-corrected chi connectivity index (χ3v) is 3.45. The quantitative estimate of drug-likeness (QED) is 0.734. The fraction of sp³-hybridized carbons (Fsp3) is 0.0625. The zero-order chi connectivity index (χ0) is 13.5. The molecule has 0 saturated heterocycles. The summed E-state index contributed by atoms with van der Waals surface area (Å²) < 4.78 is 7.44. The lowest BCUT2D eigenvalue weighted by Crippen LogP contribution is -2.25. The van der Waals surface area contributed by atoms with Crippen LogP contribution in [0.1, 0.15) is 0 Å². The summed E-state index contributed by atoms with van der Waals surface area (Å²) in [5, 5.41) is 2.83. The fourth-order valence-corrected chi connectivity index (χ4v) is 2.48. The maximum Gasteiger partial charge on any atom is 0.262 e. The van der Waals surface area contributed by atoms with Crippen LogP contribution in [0.15, 0.2) is 54.9 Å². The van der Waals surface area contributed by atoms with E-state index in [4.69, 9.17) is 4.74 Å². The SMILES string of the molecule is O=C1COc2ccc(-c3cc4ccccn4c3)cc2N1. The van der Waals surface area contributed by atoms with Crippen LogP contribution in [-0.4, -0.2) is 16.9 Å². The number of amides is 1. The van der Waals surface area contributed by atoms with Crippen LogP contribution in [0.4, 0.5) is 5.69 Å². The first-order valence-electron chi connectivity index (χ1n) is 6.43. The zero-order valence-electron chi connectivity index (χ0n) is 10.7. The molecule has 3 heterocycles. The molecule has 0 fully saturated rings. The number of hydrogen-bond acceptors (Lipinski definition) is 2. The first-order valence-corrected chi connectivity index (χ1v) is 6.43. The number of nitrogens with zero attached hydrogens (tertiary/aromatic N) is 1. The highest BCUT2D eigenvalue weighted by molar-refractivity contribution is 5.96. The maximum absolute atomic E-state index is 11.4. The number of carbonyl (C=O) groups is 1. The van der Waals surface area contributed by atoms with Gasteiger partial charge in [0.2, 0.25) is 0 Å². The van der Waals surface area contributed by atoms with Crippen molar-refractivity contribution in [3.8, 4) is 16.9 Å². The third-order valence-electron chi connectivity index (χ3n) is 3.45. The van der Waals surface area contributed by atoms with E-state index in [1.54, 1.807) is 0 Å². The van der Waals surface area contributed by atoms with Gasteiger partial charge in [-0.05, 0) is 35.9 Å². The van der Waals surface area contributed by atoms with Gasteiger partial charge in [0.05, 0.1) is 5.69 Å². The predicted octanol–water partition coefficient (Wildman–Crippen LogP) is 2.94. The van der Waals surface area contributed by atoms with E-state index >= 15 is 0 Å². The monoisotopic (exact) mass is 264 g/mol. The van der Waals surface area contributed by atoms with Crippen molar-refractivity contribution >= 4 is 17.1 Å². The molecular weight excluding hydrogens is 252 g/mol. The topological polar surface area (TPSA) is 42.7 Å². The molecule has 4 nitrogen and oxygen atoms in total. The van der Waals surface area contributed by atoms with Gasteiger partial charge in [0.15, 0.2) is 6.61 Å². The molecule has 0 radical (unpaired) electrons. The van der Waals surface area contributed by atoms with E-state index in [0.717, 1.165) is 28.1 Å². The summed E-state index contributed by atoms with van der Waals surface area (Å²) in [6, 6.07) is 14.0. The molecule has 4 heteroatoms. The average molecular weight is 264 g/mol. The van der Waals surface area contributed by atoms with Crippen molar-refractivity contribution in [3.63, 3.8) is 0 Å². The van der Waals surface area contributed by atoms with Crippen LogP contribution in [0.3, 0.4) is 0 Å². The van der Waals surface area contributed by atoms with Crippen molar-refractivity contribution in [2.24, 2.45) is 0 Å². The van der Waals surface area contributed by atoms with Crippen molar-refractivity contribution in [1.29, 1.82) is 0 Å². The molecule has 0 bridgehead atoms. The van der Waals surface area contributed by atoms with Crippen LogP contribution in [0.2, 0.25) is 0 Å². The van der Waals surface area contributed by atoms with Crippen LogP contribution in [0.25, 0.3) is 16.6 Å². The Labute approximate surface area is 115 Å². The number of pyridine rings is 1. The lowest BCUT2D eigenvalue weighted by molar-refractivity contribution is -0.118. The van der Waals surface area contributed by atoms with E-state index in [-0.39, 0.29) is 12.5 Å². The third kappa shape index (κ3) is 1.73. The summed E-state index contributed by atoms with van der Waals surface area (Å²) in [7, 11) is 0. The lowest BCUT2D eigenvalue weighted by Gasteiger charge is -2.18. The molecular formula is C16H12N2O2. The highest BCUT2D eigenvalue weighted by Gasteiger charge is 2.16. The number of anilines is 1. The van der Waals surface area contributed by atoms with Crippen molar-refractivity contribution in [3.05, 3.63) is 54.9 Å². The summed E-state index contributed by atoms with van der Waals surface area (Å²) in [6.45, 7) is 0.0858. The van der Waals surface area contributed by atoms with Gasteiger partial charge in [0.25, 0.3) is 5.91 Å². The number of nitrogens with one attached hydrogen (secondary N) is 1. The minimum atomic E-state index is -0.114. The molecule has 98 valence electrons. The van der Waals surface area contributed by atoms with Gasteiger partial charge < -0.3 is 14.5 Å². The molecule has 1 N–H and O–H groups in total. The Morgan fingerprint density at radius 2 is 2.05 bits per heavy atom. The number of fused-ring (bicyclic) bond motifs is 2. The number of aromatic nitrogens is 1. The predicted molar refractivity (Wildman–Crippen MR) is 77.0 cm³/mol. The van der Waals surface area contributed by atoms with Crippen LogP contribution < -0.4 is 10.1 Å². The normalized spacial score (nSPS) is 13.7. The van der Waals surface area contributed by atoms with Crippen molar-refractivity contribution < 1.29 is 9.53 Å². The number of carbonyl (C=O) groups excluding carboxylic acids is 1. The highest BCUT2D eigenvalue weighted by atomic mass is 16.5. The Hall–Kier alpha value is -2.75. The highest BCUT2D eigenvalue weighted by Crippen LogP contribution is 2.33. The minimum Gasteiger partial charge on any atom is -0.482 e. The molecule has 3 aromatic rings. The van der Waals surface area contributed by atoms with Gasteiger partial charge in [-0.1, -0.05) is 12.1 Å². The van der Waals surface area contributed by atoms with Gasteiger partial charge in [0, 0.05) is 23.5 Å². The second kappa shape index (κ2) is 4.13. The van der Waals surface area contributed by atoms with Crippen molar-refractivity contribution in [1.82, 2.24) is 4.40 Å². The van der Waals surface area contributed by atoms with E-state index in [0.29, 0.717) is 0 Å². The van der Waals surface area contributed by atoms with Crippen LogP contribution in [0.5, 0.6) is 5.75 Å². The zero-order valence-corrected chi connectivity index (χ0v) is 10.7. The summed E-state index contributed by atoms with van der Waals surface area (Å²) in [5.41, 5.74) is 4.03. The standard InChI is InChI=1S/C16H12N2O2/c19-16-10-20-15-5-4-11(8-14(15)17-16)12-7-13-3-1-2-6-18(13)9-12/h1-9H,10H2,(H,17,19).